The van der Waals surface area contributed by atoms with Crippen LogP contribution in [0.4, 0.5) is 0 Å². The highest BCUT2D eigenvalue weighted by molar-refractivity contribution is 9.10. The molecule has 1 heterocycles. The molecule has 0 fully saturated rings. The number of benzene rings is 1. The van der Waals surface area contributed by atoms with E-state index in [9.17, 15) is 9.59 Å². The number of hydrogen-bond donors (Lipinski definition) is 1. The Morgan fingerprint density at radius 3 is 2.80 bits per heavy atom. The zero-order valence-electron chi connectivity index (χ0n) is 7.27. The molecule has 5 nitrogen and oxygen atoms in total. The van der Waals surface area contributed by atoms with Crippen molar-refractivity contribution in [2.75, 3.05) is 0 Å². The Bertz CT molecular complexity index is 442. The van der Waals surface area contributed by atoms with Crippen molar-refractivity contribution in [2.45, 2.75) is 6.29 Å². The van der Waals surface area contributed by atoms with Gasteiger partial charge in [-0.25, -0.2) is 4.79 Å². The topological polar surface area (TPSA) is 72.8 Å². The van der Waals surface area contributed by atoms with E-state index in [0.29, 0.717) is 22.1 Å². The van der Waals surface area contributed by atoms with Crippen molar-refractivity contribution in [1.82, 2.24) is 0 Å². The van der Waals surface area contributed by atoms with Crippen LogP contribution in [0.3, 0.4) is 0 Å². The monoisotopic (exact) mass is 272 g/mol. The highest BCUT2D eigenvalue weighted by Crippen LogP contribution is 2.42. The number of aliphatic carboxylic acids is 1. The van der Waals surface area contributed by atoms with Gasteiger partial charge < -0.3 is 14.6 Å². The smallest absolute Gasteiger partial charge is 0.387 e. The van der Waals surface area contributed by atoms with Crippen molar-refractivity contribution in [3.8, 4) is 11.5 Å². The second-order valence-corrected chi connectivity index (χ2v) is 3.61. The summed E-state index contributed by atoms with van der Waals surface area (Å²) in [4.78, 5) is 21.2. The number of rotatable bonds is 2. The lowest BCUT2D eigenvalue weighted by atomic mass is 10.2. The first kappa shape index (κ1) is 9.97. The maximum absolute atomic E-state index is 10.6. The average Bonchev–Trinajstić information content (AvgIpc) is 2.63. The molecular formula is C9H5BrO5. The molecule has 78 valence electrons. The zero-order valence-corrected chi connectivity index (χ0v) is 8.85. The molecule has 1 unspecified atom stereocenters. The maximum atomic E-state index is 10.6. The molecule has 2 rings (SSSR count). The van der Waals surface area contributed by atoms with Crippen LogP contribution < -0.4 is 9.47 Å². The molecule has 0 spiro atoms. The predicted octanol–water partition coefficient (Wildman–Crippen LogP) is 1.44. The largest absolute Gasteiger partial charge is 0.476 e. The van der Waals surface area contributed by atoms with Gasteiger partial charge in [0.15, 0.2) is 17.8 Å². The third-order valence-corrected chi connectivity index (χ3v) is 2.70. The van der Waals surface area contributed by atoms with E-state index in [2.05, 4.69) is 15.9 Å². The van der Waals surface area contributed by atoms with Crippen LogP contribution in [-0.4, -0.2) is 23.7 Å². The minimum absolute atomic E-state index is 0.243. The predicted molar refractivity (Wildman–Crippen MR) is 52.2 cm³/mol. The van der Waals surface area contributed by atoms with Gasteiger partial charge in [0.05, 0.1) is 4.47 Å². The average molecular weight is 273 g/mol. The molecule has 1 aromatic carbocycles. The molecule has 0 saturated heterocycles. The standard InChI is InChI=1S/C9H5BrO5/c10-6-4(3-11)1-2-5-7(6)15-9(14-5)8(12)13/h1-3,9H,(H,12,13). The molecule has 0 aliphatic carbocycles. The number of fused-ring (bicyclic) bond motifs is 1. The van der Waals surface area contributed by atoms with Crippen molar-refractivity contribution in [2.24, 2.45) is 0 Å². The quantitative estimate of drug-likeness (QED) is 0.825. The number of carbonyl (C=O) groups is 2. The molecule has 1 aliphatic heterocycles. The van der Waals surface area contributed by atoms with Crippen LogP contribution in [0.25, 0.3) is 0 Å². The van der Waals surface area contributed by atoms with Crippen LogP contribution in [0, 0.1) is 0 Å². The summed E-state index contributed by atoms with van der Waals surface area (Å²) in [6.45, 7) is 0. The number of hydrogen-bond acceptors (Lipinski definition) is 4. The Kier molecular flexibility index (Phi) is 2.36. The summed E-state index contributed by atoms with van der Waals surface area (Å²) < 4.78 is 10.4. The highest BCUT2D eigenvalue weighted by Gasteiger charge is 2.32. The second kappa shape index (κ2) is 3.54. The Morgan fingerprint density at radius 2 is 2.20 bits per heavy atom. The van der Waals surface area contributed by atoms with Crippen LogP contribution in [0.1, 0.15) is 10.4 Å². The number of ether oxygens (including phenoxy) is 2. The fourth-order valence-corrected chi connectivity index (χ4v) is 1.71. The normalized spacial score (nSPS) is 17.5. The van der Waals surface area contributed by atoms with Gasteiger partial charge in [0.1, 0.15) is 0 Å². The van der Waals surface area contributed by atoms with Gasteiger partial charge in [-0.15, -0.1) is 0 Å². The van der Waals surface area contributed by atoms with E-state index < -0.39 is 12.3 Å². The van der Waals surface area contributed by atoms with Gasteiger partial charge in [0, 0.05) is 5.56 Å². The number of carboxylic acid groups (broad SMARTS) is 1. The van der Waals surface area contributed by atoms with Gasteiger partial charge in [-0.05, 0) is 28.1 Å². The molecule has 0 bridgehead atoms. The van der Waals surface area contributed by atoms with E-state index in [1.165, 1.54) is 12.1 Å². The third kappa shape index (κ3) is 1.56. The van der Waals surface area contributed by atoms with Gasteiger partial charge in [-0.1, -0.05) is 0 Å². The summed E-state index contributed by atoms with van der Waals surface area (Å²) in [5, 5.41) is 8.67. The van der Waals surface area contributed by atoms with E-state index in [0.717, 1.165) is 0 Å². The van der Waals surface area contributed by atoms with Crippen molar-refractivity contribution in [3.63, 3.8) is 0 Å². The Labute approximate surface area is 92.7 Å². The lowest BCUT2D eigenvalue weighted by Crippen LogP contribution is -2.28. The highest BCUT2D eigenvalue weighted by atomic mass is 79.9. The minimum Gasteiger partial charge on any atom is -0.476 e. The number of carbonyl (C=O) groups excluding carboxylic acids is 1. The molecule has 0 aromatic heterocycles. The number of halogens is 1. The van der Waals surface area contributed by atoms with Crippen LogP contribution in [0.15, 0.2) is 16.6 Å². The van der Waals surface area contributed by atoms with Crippen LogP contribution in [0.2, 0.25) is 0 Å². The van der Waals surface area contributed by atoms with Gasteiger partial charge in [-0.3, -0.25) is 4.79 Å². The molecule has 1 aliphatic rings. The molecule has 6 heteroatoms. The Balaban J connectivity index is 2.42. The molecule has 0 radical (unpaired) electrons. The maximum Gasteiger partial charge on any atom is 0.387 e. The first-order chi connectivity index (χ1) is 7.13. The Hall–Kier alpha value is -1.56. The molecule has 1 atom stereocenters. The summed E-state index contributed by atoms with van der Waals surface area (Å²) >= 11 is 3.14. The van der Waals surface area contributed by atoms with Gasteiger partial charge in [0.25, 0.3) is 0 Å². The summed E-state index contributed by atoms with van der Waals surface area (Å²) in [5.41, 5.74) is 0.378. The second-order valence-electron chi connectivity index (χ2n) is 2.82. The van der Waals surface area contributed by atoms with Crippen LogP contribution in [-0.2, 0) is 4.79 Å². The van der Waals surface area contributed by atoms with Crippen molar-refractivity contribution < 1.29 is 24.2 Å². The molecule has 0 saturated carbocycles. The lowest BCUT2D eigenvalue weighted by molar-refractivity contribution is -0.154. The summed E-state index contributed by atoms with van der Waals surface area (Å²) in [6, 6.07) is 3.01. The fourth-order valence-electron chi connectivity index (χ4n) is 1.19. The van der Waals surface area contributed by atoms with Gasteiger partial charge in [0.2, 0.25) is 0 Å². The van der Waals surface area contributed by atoms with E-state index in [-0.39, 0.29) is 5.75 Å². The minimum atomic E-state index is -1.35. The molecule has 0 amide bonds. The molecular weight excluding hydrogens is 268 g/mol. The SMILES string of the molecule is O=Cc1ccc2c(c1Br)OC(C(=O)O)O2. The van der Waals surface area contributed by atoms with Crippen molar-refractivity contribution in [3.05, 3.63) is 22.2 Å². The number of aldehydes is 1. The third-order valence-electron chi connectivity index (χ3n) is 1.88. The molecule has 15 heavy (non-hydrogen) atoms. The lowest BCUT2D eigenvalue weighted by Gasteiger charge is -2.03. The van der Waals surface area contributed by atoms with Gasteiger partial charge >= 0.3 is 12.3 Å². The Morgan fingerprint density at radius 1 is 1.47 bits per heavy atom. The van der Waals surface area contributed by atoms with E-state index in [4.69, 9.17) is 14.6 Å². The van der Waals surface area contributed by atoms with Crippen LogP contribution >= 0.6 is 15.9 Å². The zero-order chi connectivity index (χ0) is 11.0. The van der Waals surface area contributed by atoms with E-state index >= 15 is 0 Å². The first-order valence-electron chi connectivity index (χ1n) is 3.97. The summed E-state index contributed by atoms with van der Waals surface area (Å²) in [6.07, 6.45) is -0.708. The fraction of sp³-hybridized carbons (Fsp3) is 0.111. The first-order valence-corrected chi connectivity index (χ1v) is 4.76. The van der Waals surface area contributed by atoms with Crippen LogP contribution in [0.5, 0.6) is 11.5 Å². The summed E-state index contributed by atoms with van der Waals surface area (Å²) in [5.74, 6) is -0.669. The van der Waals surface area contributed by atoms with Gasteiger partial charge in [-0.2, -0.15) is 0 Å². The number of carboxylic acids is 1. The van der Waals surface area contributed by atoms with Crippen molar-refractivity contribution in [1.29, 1.82) is 0 Å². The summed E-state index contributed by atoms with van der Waals surface area (Å²) in [7, 11) is 0. The van der Waals surface area contributed by atoms with E-state index in [1.807, 2.05) is 0 Å². The molecule has 1 N–H and O–H groups in total. The molecule has 1 aromatic rings. The van der Waals surface area contributed by atoms with E-state index in [1.54, 1.807) is 0 Å². The van der Waals surface area contributed by atoms with Crippen molar-refractivity contribution >= 4 is 28.2 Å².